The van der Waals surface area contributed by atoms with Gasteiger partial charge in [0, 0.05) is 12.8 Å². The van der Waals surface area contributed by atoms with Gasteiger partial charge in [0.15, 0.2) is 0 Å². The molecule has 1 amide bonds. The van der Waals surface area contributed by atoms with Gasteiger partial charge in [-0.05, 0) is 25.7 Å². The zero-order valence-corrected chi connectivity index (χ0v) is 13.6. The Kier molecular flexibility index (Phi) is 3.22. The Bertz CT molecular complexity index is 575. The van der Waals surface area contributed by atoms with Crippen molar-refractivity contribution in [2.45, 2.75) is 76.2 Å². The Morgan fingerprint density at radius 2 is 1.87 bits per heavy atom. The van der Waals surface area contributed by atoms with Crippen molar-refractivity contribution in [2.24, 2.45) is 11.8 Å². The van der Waals surface area contributed by atoms with Gasteiger partial charge in [-0.3, -0.25) is 14.4 Å². The summed E-state index contributed by atoms with van der Waals surface area (Å²) in [5.41, 5.74) is -0.520. The minimum absolute atomic E-state index is 0.0581. The Labute approximate surface area is 135 Å². The number of amides is 1. The highest BCUT2D eigenvalue weighted by atomic mass is 16.6. The topological polar surface area (TPSA) is 72.9 Å². The lowest BCUT2D eigenvalue weighted by Crippen LogP contribution is -2.59. The zero-order valence-electron chi connectivity index (χ0n) is 13.6. The van der Waals surface area contributed by atoms with Crippen LogP contribution in [0.2, 0.25) is 0 Å². The Morgan fingerprint density at radius 1 is 1.09 bits per heavy atom. The molecule has 0 aromatic carbocycles. The van der Waals surface area contributed by atoms with E-state index in [1.54, 1.807) is 0 Å². The third-order valence-electron chi connectivity index (χ3n) is 6.13. The van der Waals surface area contributed by atoms with Crippen LogP contribution < -0.4 is 0 Å². The van der Waals surface area contributed by atoms with E-state index in [9.17, 15) is 14.4 Å². The predicted molar refractivity (Wildman–Crippen MR) is 79.2 cm³/mol. The van der Waals surface area contributed by atoms with Crippen molar-refractivity contribution in [1.29, 1.82) is 0 Å². The molecule has 6 nitrogen and oxygen atoms in total. The lowest BCUT2D eigenvalue weighted by atomic mass is 9.80. The second kappa shape index (κ2) is 4.95. The highest BCUT2D eigenvalue weighted by Gasteiger charge is 2.60. The van der Waals surface area contributed by atoms with Crippen molar-refractivity contribution in [2.75, 3.05) is 0 Å². The van der Waals surface area contributed by atoms with E-state index >= 15 is 0 Å². The number of piperidine rings is 1. The van der Waals surface area contributed by atoms with Crippen LogP contribution in [0.25, 0.3) is 0 Å². The molecule has 0 bridgehead atoms. The van der Waals surface area contributed by atoms with Gasteiger partial charge >= 0.3 is 11.9 Å². The second-order valence-corrected chi connectivity index (χ2v) is 7.66. The summed E-state index contributed by atoms with van der Waals surface area (Å²) in [6.45, 7) is 3.76. The van der Waals surface area contributed by atoms with E-state index in [2.05, 4.69) is 0 Å². The molecule has 0 N–H and O–H groups in total. The maximum atomic E-state index is 12.6. The Balaban J connectivity index is 1.60. The number of ether oxygens (including phenoxy) is 2. The van der Waals surface area contributed by atoms with Crippen LogP contribution >= 0.6 is 0 Å². The Hall–Kier alpha value is -1.59. The van der Waals surface area contributed by atoms with Crippen molar-refractivity contribution >= 4 is 17.8 Å². The van der Waals surface area contributed by atoms with E-state index in [1.807, 2.05) is 18.7 Å². The number of rotatable bonds is 1. The number of nitrogens with zero attached hydrogens (tertiary/aromatic N) is 1. The molecule has 0 aromatic rings. The molecule has 2 unspecified atom stereocenters. The molecule has 6 atom stereocenters. The fourth-order valence-electron chi connectivity index (χ4n) is 4.99. The highest BCUT2D eigenvalue weighted by Crippen LogP contribution is 2.49. The molecule has 4 aliphatic rings. The fourth-order valence-corrected chi connectivity index (χ4v) is 4.99. The number of fused-ring (bicyclic) bond motifs is 2. The van der Waals surface area contributed by atoms with E-state index < -0.39 is 5.60 Å². The quantitative estimate of drug-likeness (QED) is 0.683. The van der Waals surface area contributed by atoms with Gasteiger partial charge in [0.1, 0.15) is 11.7 Å². The molecule has 4 fully saturated rings. The van der Waals surface area contributed by atoms with Crippen LogP contribution in [0.15, 0.2) is 0 Å². The second-order valence-electron chi connectivity index (χ2n) is 7.66. The SMILES string of the molecule is C[C@@H]1CC2(CCC(=O)N3C2CC[C@H]3[C@@H]2C[C@H](C)C(=O)O2)OC1=O. The van der Waals surface area contributed by atoms with Crippen LogP contribution in [-0.2, 0) is 23.9 Å². The minimum Gasteiger partial charge on any atom is -0.460 e. The fraction of sp³-hybridized carbons (Fsp3) is 0.824. The first-order chi connectivity index (χ1) is 10.9. The monoisotopic (exact) mass is 321 g/mol. The lowest BCUT2D eigenvalue weighted by Gasteiger charge is -2.45. The standard InChI is InChI=1S/C17H23NO5/c1-9-7-12(22-15(9)20)11-3-4-13-17(6-5-14(19)18(11)13)8-10(2)16(21)23-17/h9-13H,3-8H2,1-2H3/t9-,10+,11-,12-,13?,17?/m0/s1. The number of esters is 2. The van der Waals surface area contributed by atoms with Gasteiger partial charge in [-0.1, -0.05) is 13.8 Å². The van der Waals surface area contributed by atoms with E-state index in [4.69, 9.17) is 9.47 Å². The molecular formula is C17H23NO5. The minimum atomic E-state index is -0.520. The van der Waals surface area contributed by atoms with Crippen LogP contribution in [0.4, 0.5) is 0 Å². The lowest BCUT2D eigenvalue weighted by molar-refractivity contribution is -0.170. The van der Waals surface area contributed by atoms with Crippen LogP contribution in [0.5, 0.6) is 0 Å². The molecule has 4 aliphatic heterocycles. The van der Waals surface area contributed by atoms with Crippen molar-refractivity contribution in [1.82, 2.24) is 4.90 Å². The summed E-state index contributed by atoms with van der Waals surface area (Å²) in [7, 11) is 0. The van der Waals surface area contributed by atoms with Gasteiger partial charge < -0.3 is 14.4 Å². The van der Waals surface area contributed by atoms with E-state index in [-0.39, 0.29) is 47.9 Å². The number of hydrogen-bond acceptors (Lipinski definition) is 5. The molecule has 4 rings (SSSR count). The molecule has 0 saturated carbocycles. The summed E-state index contributed by atoms with van der Waals surface area (Å²) in [6.07, 6.45) is 3.81. The van der Waals surface area contributed by atoms with Crippen LogP contribution in [-0.4, -0.2) is 46.5 Å². The molecule has 1 spiro atoms. The van der Waals surface area contributed by atoms with Gasteiger partial charge in [0.2, 0.25) is 5.91 Å². The highest BCUT2D eigenvalue weighted by molar-refractivity contribution is 5.81. The third kappa shape index (κ3) is 2.10. The molecule has 126 valence electrons. The summed E-state index contributed by atoms with van der Waals surface area (Å²) in [5.74, 6) is -0.415. The average molecular weight is 321 g/mol. The third-order valence-corrected chi connectivity index (χ3v) is 6.13. The Morgan fingerprint density at radius 3 is 2.48 bits per heavy atom. The molecule has 4 saturated heterocycles. The number of carbonyl (C=O) groups excluding carboxylic acids is 3. The first-order valence-corrected chi connectivity index (χ1v) is 8.66. The molecule has 6 heteroatoms. The summed E-state index contributed by atoms with van der Waals surface area (Å²) in [4.78, 5) is 38.1. The first-order valence-electron chi connectivity index (χ1n) is 8.66. The summed E-state index contributed by atoms with van der Waals surface area (Å²) in [6, 6.07) is -0.120. The van der Waals surface area contributed by atoms with Crippen molar-refractivity contribution in [3.8, 4) is 0 Å². The molecule has 0 radical (unpaired) electrons. The predicted octanol–water partition coefficient (Wildman–Crippen LogP) is 1.41. The molecule has 0 aliphatic carbocycles. The van der Waals surface area contributed by atoms with Gasteiger partial charge in [0.25, 0.3) is 0 Å². The zero-order chi connectivity index (χ0) is 16.4. The summed E-state index contributed by atoms with van der Waals surface area (Å²) in [5, 5.41) is 0. The van der Waals surface area contributed by atoms with Crippen LogP contribution in [0.3, 0.4) is 0 Å². The molecule has 23 heavy (non-hydrogen) atoms. The van der Waals surface area contributed by atoms with Gasteiger partial charge in [0.05, 0.1) is 23.9 Å². The molecule has 0 aromatic heterocycles. The van der Waals surface area contributed by atoms with Crippen molar-refractivity contribution in [3.63, 3.8) is 0 Å². The maximum Gasteiger partial charge on any atom is 0.309 e. The summed E-state index contributed by atoms with van der Waals surface area (Å²) >= 11 is 0. The van der Waals surface area contributed by atoms with E-state index in [0.29, 0.717) is 25.7 Å². The molecular weight excluding hydrogens is 298 g/mol. The number of hydrogen-bond donors (Lipinski definition) is 0. The van der Waals surface area contributed by atoms with Gasteiger partial charge in [-0.25, -0.2) is 0 Å². The van der Waals surface area contributed by atoms with Crippen molar-refractivity contribution < 1.29 is 23.9 Å². The normalized spacial score (nSPS) is 46.3. The van der Waals surface area contributed by atoms with E-state index in [1.165, 1.54) is 0 Å². The van der Waals surface area contributed by atoms with E-state index in [0.717, 1.165) is 12.8 Å². The van der Waals surface area contributed by atoms with Crippen molar-refractivity contribution in [3.05, 3.63) is 0 Å². The maximum absolute atomic E-state index is 12.6. The largest absolute Gasteiger partial charge is 0.460 e. The van der Waals surface area contributed by atoms with Gasteiger partial charge in [-0.15, -0.1) is 0 Å². The average Bonchev–Trinajstić information content (AvgIpc) is 3.15. The number of carbonyl (C=O) groups is 3. The molecule has 4 heterocycles. The van der Waals surface area contributed by atoms with Gasteiger partial charge in [-0.2, -0.15) is 0 Å². The van der Waals surface area contributed by atoms with Crippen LogP contribution in [0.1, 0.15) is 52.4 Å². The smallest absolute Gasteiger partial charge is 0.309 e. The van der Waals surface area contributed by atoms with Crippen LogP contribution in [0, 0.1) is 11.8 Å². The summed E-state index contributed by atoms with van der Waals surface area (Å²) < 4.78 is 11.3. The number of cyclic esters (lactones) is 1. The first kappa shape index (κ1) is 15.0.